The number of hydrogen-bond acceptors (Lipinski definition) is 8. The highest BCUT2D eigenvalue weighted by Crippen LogP contribution is 2.29. The Labute approximate surface area is 167 Å². The van der Waals surface area contributed by atoms with E-state index >= 15 is 0 Å². The van der Waals surface area contributed by atoms with Crippen LogP contribution in [0.2, 0.25) is 0 Å². The Bertz CT molecular complexity index is 1100. The van der Waals surface area contributed by atoms with Gasteiger partial charge in [0.25, 0.3) is 0 Å². The molecule has 10 heteroatoms. The van der Waals surface area contributed by atoms with Crippen molar-refractivity contribution < 1.29 is 27.1 Å². The molecule has 0 fully saturated rings. The minimum absolute atomic E-state index is 0.0629. The smallest absolute Gasteiger partial charge is 0.322 e. The molecule has 0 saturated heterocycles. The summed E-state index contributed by atoms with van der Waals surface area (Å²) >= 11 is 0. The molecule has 3 aromatic rings. The minimum Gasteiger partial charge on any atom is -0.497 e. The van der Waals surface area contributed by atoms with Crippen molar-refractivity contribution in [3.63, 3.8) is 0 Å². The predicted octanol–water partition coefficient (Wildman–Crippen LogP) is 2.47. The summed E-state index contributed by atoms with van der Waals surface area (Å²) in [5, 5.41) is 9.90. The Morgan fingerprint density at radius 2 is 1.66 bits per heavy atom. The third kappa shape index (κ3) is 4.91. The molecule has 0 aliphatic heterocycles. The number of carbonyl (C=O) groups excluding carboxylic acids is 1. The molecule has 0 bridgehead atoms. The van der Waals surface area contributed by atoms with Crippen molar-refractivity contribution in [1.82, 2.24) is 10.2 Å². The topological polar surface area (TPSA) is 121 Å². The van der Waals surface area contributed by atoms with Gasteiger partial charge in [-0.25, -0.2) is 8.42 Å². The predicted molar refractivity (Wildman–Crippen MR) is 105 cm³/mol. The Morgan fingerprint density at radius 3 is 2.24 bits per heavy atom. The highest BCUT2D eigenvalue weighted by Gasteiger charge is 2.21. The molecule has 1 amide bonds. The lowest BCUT2D eigenvalue weighted by atomic mass is 10.2. The molecule has 1 heterocycles. The zero-order valence-corrected chi connectivity index (χ0v) is 16.8. The van der Waals surface area contributed by atoms with E-state index in [4.69, 9.17) is 13.9 Å². The number of benzene rings is 2. The normalized spacial score (nSPS) is 11.1. The zero-order valence-electron chi connectivity index (χ0n) is 16.0. The van der Waals surface area contributed by atoms with Crippen molar-refractivity contribution in [2.24, 2.45) is 0 Å². The first kappa shape index (κ1) is 20.3. The number of carbonyl (C=O) groups is 1. The van der Waals surface area contributed by atoms with E-state index in [-0.39, 0.29) is 16.8 Å². The molecule has 0 aliphatic rings. The molecule has 0 radical (unpaired) electrons. The fourth-order valence-corrected chi connectivity index (χ4v) is 3.61. The van der Waals surface area contributed by atoms with E-state index < -0.39 is 21.5 Å². The third-order valence-corrected chi connectivity index (χ3v) is 5.60. The Hall–Kier alpha value is -3.40. The van der Waals surface area contributed by atoms with Crippen LogP contribution in [0, 0.1) is 6.92 Å². The second kappa shape index (κ2) is 8.31. The lowest BCUT2D eigenvalue weighted by Crippen LogP contribution is -2.23. The van der Waals surface area contributed by atoms with E-state index in [0.29, 0.717) is 17.1 Å². The number of rotatable bonds is 7. The van der Waals surface area contributed by atoms with Crippen molar-refractivity contribution in [1.29, 1.82) is 0 Å². The van der Waals surface area contributed by atoms with Crippen LogP contribution < -0.4 is 14.8 Å². The molecular weight excluding hydrogens is 398 g/mol. The van der Waals surface area contributed by atoms with Crippen LogP contribution in [-0.4, -0.2) is 44.5 Å². The number of nitrogens with one attached hydrogen (secondary N) is 1. The van der Waals surface area contributed by atoms with E-state index in [2.05, 4.69) is 15.5 Å². The Kier molecular flexibility index (Phi) is 5.83. The van der Waals surface area contributed by atoms with Crippen LogP contribution in [0.5, 0.6) is 11.5 Å². The van der Waals surface area contributed by atoms with Crippen molar-refractivity contribution >= 4 is 21.8 Å². The molecular formula is C19H19N3O6S. The maximum absolute atomic E-state index is 12.4. The van der Waals surface area contributed by atoms with Gasteiger partial charge in [0, 0.05) is 11.6 Å². The molecule has 152 valence electrons. The van der Waals surface area contributed by atoms with E-state index in [1.165, 1.54) is 26.4 Å². The van der Waals surface area contributed by atoms with E-state index in [9.17, 15) is 13.2 Å². The number of anilines is 1. The number of nitrogens with zero attached hydrogens (tertiary/aromatic N) is 2. The lowest BCUT2D eigenvalue weighted by Gasteiger charge is -2.06. The fourth-order valence-electron chi connectivity index (χ4n) is 2.48. The first-order valence-electron chi connectivity index (χ1n) is 8.47. The SMILES string of the molecule is COc1cc(OC)cc(-c2nnc(NC(=O)CS(=O)(=O)c3ccc(C)cc3)o2)c1. The Morgan fingerprint density at radius 1 is 1.03 bits per heavy atom. The van der Waals surface area contributed by atoms with Crippen LogP contribution >= 0.6 is 0 Å². The van der Waals surface area contributed by atoms with Gasteiger partial charge in [-0.05, 0) is 31.2 Å². The highest BCUT2D eigenvalue weighted by atomic mass is 32.2. The number of sulfone groups is 1. The number of ether oxygens (including phenoxy) is 2. The second-order valence-electron chi connectivity index (χ2n) is 6.13. The molecule has 3 rings (SSSR count). The van der Waals surface area contributed by atoms with Gasteiger partial charge in [0.15, 0.2) is 9.84 Å². The van der Waals surface area contributed by atoms with Crippen LogP contribution in [0.3, 0.4) is 0 Å². The summed E-state index contributed by atoms with van der Waals surface area (Å²) in [5.74, 6) is -0.386. The van der Waals surface area contributed by atoms with Gasteiger partial charge < -0.3 is 13.9 Å². The molecule has 0 aliphatic carbocycles. The number of aromatic nitrogens is 2. The van der Waals surface area contributed by atoms with Gasteiger partial charge in [0.1, 0.15) is 17.3 Å². The molecule has 0 atom stereocenters. The first-order valence-corrected chi connectivity index (χ1v) is 10.1. The van der Waals surface area contributed by atoms with Crippen molar-refractivity contribution in [2.75, 3.05) is 25.3 Å². The highest BCUT2D eigenvalue weighted by molar-refractivity contribution is 7.92. The largest absolute Gasteiger partial charge is 0.497 e. The zero-order chi connectivity index (χ0) is 21.0. The van der Waals surface area contributed by atoms with E-state index in [0.717, 1.165) is 5.56 Å². The lowest BCUT2D eigenvalue weighted by molar-refractivity contribution is -0.114. The number of methoxy groups -OCH3 is 2. The molecule has 0 unspecified atom stereocenters. The van der Waals surface area contributed by atoms with Crippen LogP contribution in [0.4, 0.5) is 6.01 Å². The molecule has 1 aromatic heterocycles. The number of amides is 1. The van der Waals surface area contributed by atoms with Crippen LogP contribution in [-0.2, 0) is 14.6 Å². The van der Waals surface area contributed by atoms with Crippen LogP contribution in [0.25, 0.3) is 11.5 Å². The van der Waals surface area contributed by atoms with E-state index in [1.54, 1.807) is 30.3 Å². The molecule has 29 heavy (non-hydrogen) atoms. The molecule has 0 spiro atoms. The molecule has 2 aromatic carbocycles. The average Bonchev–Trinajstić information content (AvgIpc) is 3.15. The van der Waals surface area contributed by atoms with Gasteiger partial charge in [-0.1, -0.05) is 22.8 Å². The summed E-state index contributed by atoms with van der Waals surface area (Å²) in [6.45, 7) is 1.84. The quantitative estimate of drug-likeness (QED) is 0.622. The second-order valence-corrected chi connectivity index (χ2v) is 8.12. The van der Waals surface area contributed by atoms with Gasteiger partial charge in [0.05, 0.1) is 19.1 Å². The van der Waals surface area contributed by atoms with E-state index in [1.807, 2.05) is 6.92 Å². The third-order valence-electron chi connectivity index (χ3n) is 3.97. The van der Waals surface area contributed by atoms with Crippen LogP contribution in [0.15, 0.2) is 51.8 Å². The van der Waals surface area contributed by atoms with Gasteiger partial charge >= 0.3 is 6.01 Å². The van der Waals surface area contributed by atoms with Gasteiger partial charge in [-0.3, -0.25) is 10.1 Å². The average molecular weight is 417 g/mol. The monoisotopic (exact) mass is 417 g/mol. The van der Waals surface area contributed by atoms with Crippen molar-refractivity contribution in [3.8, 4) is 23.0 Å². The summed E-state index contributed by atoms with van der Waals surface area (Å²) in [7, 11) is -0.782. The summed E-state index contributed by atoms with van der Waals surface area (Å²) in [6.07, 6.45) is 0. The number of aryl methyl sites for hydroxylation is 1. The standard InChI is InChI=1S/C19H19N3O6S/c1-12-4-6-16(7-5-12)29(24,25)11-17(23)20-19-22-21-18(28-19)13-8-14(26-2)10-15(9-13)27-3/h4-10H,11H2,1-3H3,(H,20,22,23). The first-order chi connectivity index (χ1) is 13.8. The molecule has 9 nitrogen and oxygen atoms in total. The molecule has 0 saturated carbocycles. The summed E-state index contributed by atoms with van der Waals surface area (Å²) in [4.78, 5) is 12.2. The van der Waals surface area contributed by atoms with Gasteiger partial charge in [0.2, 0.25) is 11.8 Å². The fraction of sp³-hybridized carbons (Fsp3) is 0.211. The van der Waals surface area contributed by atoms with Gasteiger partial charge in [-0.2, -0.15) is 0 Å². The minimum atomic E-state index is -3.79. The number of hydrogen-bond donors (Lipinski definition) is 1. The van der Waals surface area contributed by atoms with Crippen molar-refractivity contribution in [3.05, 3.63) is 48.0 Å². The van der Waals surface area contributed by atoms with Gasteiger partial charge in [-0.15, -0.1) is 5.10 Å². The Balaban J connectivity index is 1.73. The van der Waals surface area contributed by atoms with Crippen molar-refractivity contribution in [2.45, 2.75) is 11.8 Å². The maximum Gasteiger partial charge on any atom is 0.322 e. The van der Waals surface area contributed by atoms with Crippen LogP contribution in [0.1, 0.15) is 5.56 Å². The summed E-state index contributed by atoms with van der Waals surface area (Å²) in [6, 6.07) is 11.0. The summed E-state index contributed by atoms with van der Waals surface area (Å²) in [5.41, 5.74) is 1.43. The summed E-state index contributed by atoms with van der Waals surface area (Å²) < 4.78 is 40.5. The maximum atomic E-state index is 12.4. The molecule has 1 N–H and O–H groups in total.